The molecule has 2 aliphatic heterocycles. The summed E-state index contributed by atoms with van der Waals surface area (Å²) >= 11 is 0. The molecule has 0 radical (unpaired) electrons. The topological polar surface area (TPSA) is 77.6 Å². The zero-order valence-corrected chi connectivity index (χ0v) is 22.3. The van der Waals surface area contributed by atoms with Gasteiger partial charge in [-0.1, -0.05) is 19.9 Å². The number of piperidine rings is 1. The number of halogens is 3. The maximum Gasteiger partial charge on any atom is 0.417 e. The predicted octanol–water partition coefficient (Wildman–Crippen LogP) is 4.21. The summed E-state index contributed by atoms with van der Waals surface area (Å²) in [5.74, 6) is 0.872. The Hall–Kier alpha value is -3.06. The molecule has 37 heavy (non-hydrogen) atoms. The lowest BCUT2D eigenvalue weighted by Gasteiger charge is -2.40. The fraction of sp³-hybridized carbons (Fsp3) is 0.593. The van der Waals surface area contributed by atoms with Crippen molar-refractivity contribution in [1.82, 2.24) is 20.5 Å². The van der Waals surface area contributed by atoms with Crippen molar-refractivity contribution in [2.24, 2.45) is 5.92 Å². The fourth-order valence-electron chi connectivity index (χ4n) is 4.39. The number of amides is 2. The molecule has 1 aromatic heterocycles. The molecule has 0 aromatic carbocycles. The summed E-state index contributed by atoms with van der Waals surface area (Å²) < 4.78 is 38.2. The van der Waals surface area contributed by atoms with Gasteiger partial charge in [-0.15, -0.1) is 12.8 Å². The van der Waals surface area contributed by atoms with Crippen molar-refractivity contribution in [1.29, 1.82) is 0 Å². The Balaban J connectivity index is 0.00000163. The number of allylic oxidation sites excluding steroid dienone is 2. The first kappa shape index (κ1) is 32.0. The van der Waals surface area contributed by atoms with Crippen molar-refractivity contribution in [3.05, 3.63) is 35.7 Å². The number of nitrogens with zero attached hydrogens (tertiary/aromatic N) is 3. The number of hydrogen-bond donors (Lipinski definition) is 2. The summed E-state index contributed by atoms with van der Waals surface area (Å²) in [5, 5.41) is 5.89. The molecule has 10 heteroatoms. The van der Waals surface area contributed by atoms with E-state index in [1.165, 1.54) is 6.07 Å². The zero-order chi connectivity index (χ0) is 28.0. The Morgan fingerprint density at radius 3 is 2.54 bits per heavy atom. The number of carbonyl (C=O) groups is 2. The van der Waals surface area contributed by atoms with E-state index >= 15 is 0 Å². The number of aromatic nitrogens is 1. The van der Waals surface area contributed by atoms with Gasteiger partial charge < -0.3 is 15.5 Å². The molecular formula is C27H40F3N5O2. The van der Waals surface area contributed by atoms with Gasteiger partial charge in [0.1, 0.15) is 5.82 Å². The highest BCUT2D eigenvalue weighted by atomic mass is 19.4. The quantitative estimate of drug-likeness (QED) is 0.414. The van der Waals surface area contributed by atoms with Crippen molar-refractivity contribution >= 4 is 17.6 Å². The molecular weight excluding hydrogens is 483 g/mol. The molecule has 2 amide bonds. The van der Waals surface area contributed by atoms with Crippen LogP contribution in [0.4, 0.5) is 19.0 Å². The van der Waals surface area contributed by atoms with E-state index in [9.17, 15) is 22.8 Å². The molecule has 2 aliphatic rings. The number of nitrogens with one attached hydrogen (secondary N) is 2. The first-order valence-corrected chi connectivity index (χ1v) is 12.8. The Bertz CT molecular complexity index is 900. The molecule has 3 heterocycles. The van der Waals surface area contributed by atoms with Crippen molar-refractivity contribution < 1.29 is 22.8 Å². The normalized spacial score (nSPS) is 21.2. The summed E-state index contributed by atoms with van der Waals surface area (Å²) in [6.07, 6.45) is 9.55. The van der Waals surface area contributed by atoms with E-state index in [4.69, 9.17) is 0 Å². The van der Waals surface area contributed by atoms with Gasteiger partial charge in [-0.3, -0.25) is 14.5 Å². The molecule has 0 spiro atoms. The Morgan fingerprint density at radius 1 is 1.27 bits per heavy atom. The van der Waals surface area contributed by atoms with Gasteiger partial charge in [0.25, 0.3) is 0 Å². The van der Waals surface area contributed by atoms with Crippen LogP contribution in [0.1, 0.15) is 58.9 Å². The van der Waals surface area contributed by atoms with Gasteiger partial charge in [0.05, 0.1) is 12.1 Å². The lowest BCUT2D eigenvalue weighted by molar-refractivity contribution is -0.137. The van der Waals surface area contributed by atoms with Gasteiger partial charge in [-0.2, -0.15) is 13.2 Å². The van der Waals surface area contributed by atoms with Crippen LogP contribution < -0.4 is 15.5 Å². The average molecular weight is 524 g/mol. The van der Waals surface area contributed by atoms with Crippen LogP contribution in [0.2, 0.25) is 0 Å². The number of hydrogen-bond acceptors (Lipinski definition) is 5. The molecule has 206 valence electrons. The SMILES string of the molecule is C#C.C/C=C1/NC(=O)CCC1CCCNC(=O)CN1CCN(c2ccc(C(F)(F)F)cn2)CC1C.CC. The van der Waals surface area contributed by atoms with Gasteiger partial charge in [-0.05, 0) is 51.2 Å². The first-order chi connectivity index (χ1) is 17.7. The molecule has 0 saturated carbocycles. The van der Waals surface area contributed by atoms with E-state index in [0.717, 1.165) is 37.2 Å². The van der Waals surface area contributed by atoms with E-state index < -0.39 is 11.7 Å². The molecule has 0 bridgehead atoms. The zero-order valence-electron chi connectivity index (χ0n) is 22.3. The second kappa shape index (κ2) is 15.9. The first-order valence-electron chi connectivity index (χ1n) is 12.8. The number of alkyl halides is 3. The molecule has 1 aromatic rings. The molecule has 2 saturated heterocycles. The summed E-state index contributed by atoms with van der Waals surface area (Å²) in [7, 11) is 0. The summed E-state index contributed by atoms with van der Waals surface area (Å²) in [6, 6.07) is 2.51. The lowest BCUT2D eigenvalue weighted by atomic mass is 9.90. The Kier molecular flexibility index (Phi) is 13.8. The van der Waals surface area contributed by atoms with E-state index in [2.05, 4.69) is 33.4 Å². The minimum atomic E-state index is -4.40. The average Bonchev–Trinajstić information content (AvgIpc) is 2.90. The standard InChI is InChI=1S/C23H32F3N5O2.C2H6.C2H2/c1-3-19-17(6-9-21(32)29-19)5-4-10-27-22(33)15-30-11-12-31(14-16(30)2)20-8-7-18(13-28-20)23(24,25)26;2*1-2/h3,7-8,13,16-17H,4-6,9-12,14-15H2,1-2H3,(H,27,33)(H,29,32);1-2H3;1-2H/b19-3+;;. The number of carbonyl (C=O) groups excluding carboxylic acids is 2. The van der Waals surface area contributed by atoms with Crippen LogP contribution in [0, 0.1) is 18.8 Å². The van der Waals surface area contributed by atoms with E-state index in [0.29, 0.717) is 44.3 Å². The van der Waals surface area contributed by atoms with Crippen molar-refractivity contribution in [3.63, 3.8) is 0 Å². The van der Waals surface area contributed by atoms with Crippen LogP contribution in [0.3, 0.4) is 0 Å². The largest absolute Gasteiger partial charge is 0.417 e. The van der Waals surface area contributed by atoms with Crippen molar-refractivity contribution in [2.75, 3.05) is 37.6 Å². The van der Waals surface area contributed by atoms with Gasteiger partial charge in [0, 0.05) is 50.5 Å². The second-order valence-corrected chi connectivity index (χ2v) is 8.69. The molecule has 7 nitrogen and oxygen atoms in total. The number of terminal acetylenes is 1. The Morgan fingerprint density at radius 2 is 1.97 bits per heavy atom. The van der Waals surface area contributed by atoms with Crippen LogP contribution in [0.5, 0.6) is 0 Å². The van der Waals surface area contributed by atoms with Crippen LogP contribution in [0.25, 0.3) is 0 Å². The second-order valence-electron chi connectivity index (χ2n) is 8.69. The van der Waals surface area contributed by atoms with Crippen molar-refractivity contribution in [3.8, 4) is 12.8 Å². The summed E-state index contributed by atoms with van der Waals surface area (Å²) in [4.78, 5) is 31.9. The van der Waals surface area contributed by atoms with Crippen LogP contribution in [-0.4, -0.2) is 60.5 Å². The highest BCUT2D eigenvalue weighted by Gasteiger charge is 2.31. The fourth-order valence-corrected chi connectivity index (χ4v) is 4.39. The molecule has 2 N–H and O–H groups in total. The maximum atomic E-state index is 12.7. The number of pyridine rings is 1. The number of piperazine rings is 1. The minimum absolute atomic E-state index is 0.0360. The minimum Gasteiger partial charge on any atom is -0.355 e. The summed E-state index contributed by atoms with van der Waals surface area (Å²) in [6.45, 7) is 10.6. The highest BCUT2D eigenvalue weighted by Crippen LogP contribution is 2.29. The smallest absolute Gasteiger partial charge is 0.355 e. The molecule has 3 rings (SSSR count). The van der Waals surface area contributed by atoms with Gasteiger partial charge in [0.2, 0.25) is 11.8 Å². The van der Waals surface area contributed by atoms with Gasteiger partial charge in [-0.25, -0.2) is 4.98 Å². The molecule has 2 unspecified atom stereocenters. The monoisotopic (exact) mass is 523 g/mol. The number of rotatable bonds is 7. The van der Waals surface area contributed by atoms with Crippen molar-refractivity contribution in [2.45, 2.75) is 65.6 Å². The molecule has 0 aliphatic carbocycles. The van der Waals surface area contributed by atoms with E-state index in [-0.39, 0.29) is 24.4 Å². The lowest BCUT2D eigenvalue weighted by Crippen LogP contribution is -2.54. The summed E-state index contributed by atoms with van der Waals surface area (Å²) in [5.41, 5.74) is 0.219. The Labute approximate surface area is 218 Å². The van der Waals surface area contributed by atoms with Gasteiger partial charge in [0.15, 0.2) is 0 Å². The third kappa shape index (κ3) is 10.1. The van der Waals surface area contributed by atoms with Gasteiger partial charge >= 0.3 is 6.18 Å². The third-order valence-electron chi connectivity index (χ3n) is 6.32. The highest BCUT2D eigenvalue weighted by molar-refractivity contribution is 5.79. The predicted molar refractivity (Wildman–Crippen MR) is 141 cm³/mol. The van der Waals surface area contributed by atoms with Crippen LogP contribution in [0.15, 0.2) is 30.1 Å². The van der Waals surface area contributed by atoms with Crippen LogP contribution >= 0.6 is 0 Å². The molecule has 2 atom stereocenters. The number of anilines is 1. The van der Waals surface area contributed by atoms with E-state index in [1.807, 2.05) is 38.7 Å². The van der Waals surface area contributed by atoms with E-state index in [1.54, 1.807) is 0 Å². The van der Waals surface area contributed by atoms with Crippen LogP contribution in [-0.2, 0) is 15.8 Å². The maximum absolute atomic E-state index is 12.7. The third-order valence-corrected chi connectivity index (χ3v) is 6.32. The molecule has 2 fully saturated rings.